The second-order valence-electron chi connectivity index (χ2n) is 7.85. The zero-order chi connectivity index (χ0) is 22.8. The first-order valence-corrected chi connectivity index (χ1v) is 10.7. The van der Waals surface area contributed by atoms with E-state index in [1.54, 1.807) is 41.3 Å². The van der Waals surface area contributed by atoms with Crippen molar-refractivity contribution in [2.24, 2.45) is 0 Å². The standard InChI is InChI=1S/C25H21N3O5/c29-22(16-12-21(26-14-16)24(30)28-9-3-4-10-28)15-33-25(31)18-13-20(23-8-5-11-32-23)27-19-7-2-1-6-17(18)19/h1-2,5-8,11-14,26H,3-4,9-10,15H2. The van der Waals surface area contributed by atoms with Gasteiger partial charge in [0.1, 0.15) is 11.4 Å². The van der Waals surface area contributed by atoms with E-state index in [9.17, 15) is 14.4 Å². The van der Waals surface area contributed by atoms with Gasteiger partial charge in [-0.15, -0.1) is 0 Å². The fraction of sp³-hybridized carbons (Fsp3) is 0.200. The van der Waals surface area contributed by atoms with E-state index in [0.717, 1.165) is 25.9 Å². The van der Waals surface area contributed by atoms with E-state index >= 15 is 0 Å². The number of nitrogens with zero attached hydrogens (tertiary/aromatic N) is 2. The van der Waals surface area contributed by atoms with Crippen molar-refractivity contribution in [2.45, 2.75) is 12.8 Å². The number of furan rings is 1. The highest BCUT2D eigenvalue weighted by Gasteiger charge is 2.23. The van der Waals surface area contributed by atoms with Crippen molar-refractivity contribution >= 4 is 28.6 Å². The number of fused-ring (bicyclic) bond motifs is 1. The molecule has 4 heterocycles. The van der Waals surface area contributed by atoms with E-state index in [-0.39, 0.29) is 5.91 Å². The number of aromatic nitrogens is 2. The van der Waals surface area contributed by atoms with Gasteiger partial charge in [0.15, 0.2) is 12.4 Å². The second-order valence-corrected chi connectivity index (χ2v) is 7.85. The number of aromatic amines is 1. The van der Waals surface area contributed by atoms with E-state index in [4.69, 9.17) is 9.15 Å². The van der Waals surface area contributed by atoms with Crippen molar-refractivity contribution in [1.82, 2.24) is 14.9 Å². The Labute approximate surface area is 189 Å². The number of benzene rings is 1. The molecule has 1 aromatic carbocycles. The summed E-state index contributed by atoms with van der Waals surface area (Å²) >= 11 is 0. The molecule has 0 bridgehead atoms. The molecule has 166 valence electrons. The molecule has 3 aromatic heterocycles. The number of para-hydroxylation sites is 1. The summed E-state index contributed by atoms with van der Waals surface area (Å²) in [6.07, 6.45) is 4.97. The summed E-state index contributed by atoms with van der Waals surface area (Å²) in [6, 6.07) is 13.8. The van der Waals surface area contributed by atoms with Crippen molar-refractivity contribution in [2.75, 3.05) is 19.7 Å². The number of ether oxygens (including phenoxy) is 1. The van der Waals surface area contributed by atoms with E-state index < -0.39 is 18.4 Å². The largest absolute Gasteiger partial charge is 0.463 e. The van der Waals surface area contributed by atoms with Crippen LogP contribution >= 0.6 is 0 Å². The van der Waals surface area contributed by atoms with Crippen molar-refractivity contribution < 1.29 is 23.5 Å². The van der Waals surface area contributed by atoms with Crippen LogP contribution in [0.2, 0.25) is 0 Å². The number of H-pyrrole nitrogens is 1. The third kappa shape index (κ3) is 4.15. The van der Waals surface area contributed by atoms with Crippen LogP contribution in [0.5, 0.6) is 0 Å². The summed E-state index contributed by atoms with van der Waals surface area (Å²) in [5.74, 6) is -0.644. The normalized spacial score (nSPS) is 13.4. The first-order valence-electron chi connectivity index (χ1n) is 10.7. The molecule has 0 unspecified atom stereocenters. The molecule has 5 rings (SSSR count). The van der Waals surface area contributed by atoms with Crippen molar-refractivity contribution in [3.63, 3.8) is 0 Å². The fourth-order valence-corrected chi connectivity index (χ4v) is 3.96. The molecular formula is C25H21N3O5. The Morgan fingerprint density at radius 1 is 1.06 bits per heavy atom. The monoisotopic (exact) mass is 443 g/mol. The maximum Gasteiger partial charge on any atom is 0.339 e. The van der Waals surface area contributed by atoms with Crippen LogP contribution < -0.4 is 0 Å². The number of likely N-dealkylation sites (tertiary alicyclic amines) is 1. The fourth-order valence-electron chi connectivity index (χ4n) is 3.96. The summed E-state index contributed by atoms with van der Waals surface area (Å²) in [6.45, 7) is 0.998. The topological polar surface area (TPSA) is 105 Å². The van der Waals surface area contributed by atoms with Crippen LogP contribution in [-0.2, 0) is 4.74 Å². The second kappa shape index (κ2) is 8.74. The van der Waals surface area contributed by atoms with Gasteiger partial charge < -0.3 is 19.0 Å². The number of hydrogen-bond donors (Lipinski definition) is 1. The first-order chi connectivity index (χ1) is 16.1. The highest BCUT2D eigenvalue weighted by molar-refractivity contribution is 6.06. The van der Waals surface area contributed by atoms with E-state index in [1.807, 2.05) is 6.07 Å². The molecule has 0 atom stereocenters. The molecule has 1 N–H and O–H groups in total. The van der Waals surface area contributed by atoms with Gasteiger partial charge in [-0.25, -0.2) is 9.78 Å². The van der Waals surface area contributed by atoms with E-state index in [1.165, 1.54) is 18.5 Å². The summed E-state index contributed by atoms with van der Waals surface area (Å²) in [5.41, 5.74) is 2.04. The van der Waals surface area contributed by atoms with Crippen LogP contribution in [0.25, 0.3) is 22.4 Å². The number of carbonyl (C=O) groups is 3. The Morgan fingerprint density at radius 2 is 1.88 bits per heavy atom. The number of esters is 1. The number of hydrogen-bond acceptors (Lipinski definition) is 6. The number of ketones is 1. The van der Waals surface area contributed by atoms with Crippen LogP contribution in [0.15, 0.2) is 65.4 Å². The summed E-state index contributed by atoms with van der Waals surface area (Å²) < 4.78 is 10.8. The third-order valence-corrected chi connectivity index (χ3v) is 5.67. The Hall–Kier alpha value is -4.20. The molecule has 4 aromatic rings. The Kier molecular flexibility index (Phi) is 5.48. The Balaban J connectivity index is 1.32. The average Bonchev–Trinajstić information content (AvgIpc) is 3.63. The summed E-state index contributed by atoms with van der Waals surface area (Å²) in [5, 5.41) is 0.616. The van der Waals surface area contributed by atoms with Crippen LogP contribution in [0.4, 0.5) is 0 Å². The van der Waals surface area contributed by atoms with Gasteiger partial charge in [-0.1, -0.05) is 18.2 Å². The number of Topliss-reactive ketones (excluding diaryl/α,β-unsaturated/α-hetero) is 1. The molecule has 0 saturated carbocycles. The molecule has 0 radical (unpaired) electrons. The SMILES string of the molecule is O=C(COC(=O)c1cc(-c2ccco2)nc2ccccc12)c1c[nH]c(C(=O)N2CCCC2)c1. The lowest BCUT2D eigenvalue weighted by molar-refractivity contribution is 0.0476. The number of carbonyl (C=O) groups excluding carboxylic acids is 3. The maximum atomic E-state index is 12.9. The zero-order valence-electron chi connectivity index (χ0n) is 17.7. The van der Waals surface area contributed by atoms with Crippen LogP contribution in [0.1, 0.15) is 44.0 Å². The molecule has 0 aliphatic carbocycles. The van der Waals surface area contributed by atoms with Gasteiger partial charge in [-0.3, -0.25) is 9.59 Å². The predicted octanol–water partition coefficient (Wildman–Crippen LogP) is 4.10. The van der Waals surface area contributed by atoms with Gasteiger partial charge >= 0.3 is 5.97 Å². The molecule has 33 heavy (non-hydrogen) atoms. The van der Waals surface area contributed by atoms with E-state index in [0.29, 0.717) is 39.2 Å². The quantitative estimate of drug-likeness (QED) is 0.355. The van der Waals surface area contributed by atoms with Crippen LogP contribution in [-0.4, -0.2) is 52.2 Å². The molecule has 1 aliphatic rings. The first kappa shape index (κ1) is 20.7. The minimum atomic E-state index is -0.640. The van der Waals surface area contributed by atoms with Gasteiger partial charge in [-0.2, -0.15) is 0 Å². The molecule has 1 amide bonds. The number of pyridine rings is 1. The highest BCUT2D eigenvalue weighted by atomic mass is 16.5. The van der Waals surface area contributed by atoms with Crippen LogP contribution in [0.3, 0.4) is 0 Å². The summed E-state index contributed by atoms with van der Waals surface area (Å²) in [4.78, 5) is 47.1. The lowest BCUT2D eigenvalue weighted by atomic mass is 10.1. The van der Waals surface area contributed by atoms with Crippen molar-refractivity contribution in [1.29, 1.82) is 0 Å². The molecule has 0 spiro atoms. The minimum Gasteiger partial charge on any atom is -0.463 e. The molecule has 1 saturated heterocycles. The Bertz CT molecular complexity index is 1330. The van der Waals surface area contributed by atoms with Gasteiger partial charge in [0.25, 0.3) is 5.91 Å². The molecule has 1 fully saturated rings. The smallest absolute Gasteiger partial charge is 0.339 e. The lowest BCUT2D eigenvalue weighted by Crippen LogP contribution is -2.27. The van der Waals surface area contributed by atoms with Crippen LogP contribution in [0, 0.1) is 0 Å². The average molecular weight is 443 g/mol. The van der Waals surface area contributed by atoms with E-state index in [2.05, 4.69) is 9.97 Å². The number of nitrogens with one attached hydrogen (secondary N) is 1. The van der Waals surface area contributed by atoms with Gasteiger partial charge in [0.05, 0.1) is 17.3 Å². The number of rotatable bonds is 6. The minimum absolute atomic E-state index is 0.128. The van der Waals surface area contributed by atoms with Gasteiger partial charge in [0.2, 0.25) is 5.78 Å². The number of amides is 1. The van der Waals surface area contributed by atoms with Gasteiger partial charge in [0, 0.05) is 30.2 Å². The van der Waals surface area contributed by atoms with Crippen molar-refractivity contribution in [3.05, 3.63) is 77.8 Å². The Morgan fingerprint density at radius 3 is 2.67 bits per heavy atom. The lowest BCUT2D eigenvalue weighted by Gasteiger charge is -2.13. The molecule has 8 heteroatoms. The maximum absolute atomic E-state index is 12.9. The molecular weight excluding hydrogens is 422 g/mol. The molecule has 1 aliphatic heterocycles. The molecule has 8 nitrogen and oxygen atoms in total. The van der Waals surface area contributed by atoms with Gasteiger partial charge in [-0.05, 0) is 43.2 Å². The van der Waals surface area contributed by atoms with Crippen molar-refractivity contribution in [3.8, 4) is 11.5 Å². The highest BCUT2D eigenvalue weighted by Crippen LogP contribution is 2.26. The zero-order valence-corrected chi connectivity index (χ0v) is 17.7. The third-order valence-electron chi connectivity index (χ3n) is 5.67. The summed E-state index contributed by atoms with van der Waals surface area (Å²) in [7, 11) is 0. The predicted molar refractivity (Wildman–Crippen MR) is 120 cm³/mol.